The van der Waals surface area contributed by atoms with Crippen LogP contribution in [0.25, 0.3) is 16.7 Å². The van der Waals surface area contributed by atoms with Crippen molar-refractivity contribution in [1.29, 1.82) is 0 Å². The Morgan fingerprint density at radius 2 is 1.74 bits per heavy atom. The molecule has 4 rings (SSSR count). The fourth-order valence-corrected chi connectivity index (χ4v) is 2.29. The summed E-state index contributed by atoms with van der Waals surface area (Å²) in [5.74, 6) is 0.639. The van der Waals surface area contributed by atoms with Gasteiger partial charge in [-0.2, -0.15) is 14.7 Å². The number of nitrogens with zero attached hydrogens (tertiary/aromatic N) is 6. The van der Waals surface area contributed by atoms with E-state index < -0.39 is 0 Å². The van der Waals surface area contributed by atoms with E-state index in [2.05, 4.69) is 30.5 Å². The molecule has 0 saturated heterocycles. The van der Waals surface area contributed by atoms with Gasteiger partial charge in [-0.3, -0.25) is 5.10 Å². The lowest BCUT2D eigenvalue weighted by atomic mass is 10.3. The minimum Gasteiger partial charge on any atom is -0.383 e. The van der Waals surface area contributed by atoms with Gasteiger partial charge in [0.05, 0.1) is 5.69 Å². The second-order valence-electron chi connectivity index (χ2n) is 4.83. The van der Waals surface area contributed by atoms with Crippen molar-refractivity contribution in [2.24, 2.45) is 10.2 Å². The Balaban J connectivity index is 1.94. The molecule has 0 saturated carbocycles. The summed E-state index contributed by atoms with van der Waals surface area (Å²) in [7, 11) is 0. The van der Waals surface area contributed by atoms with Gasteiger partial charge in [-0.05, 0) is 12.1 Å². The monoisotopic (exact) mass is 308 g/mol. The summed E-state index contributed by atoms with van der Waals surface area (Å²) in [6.07, 6.45) is 0. The first-order valence-electron chi connectivity index (χ1n) is 6.69. The Bertz CT molecular complexity index is 1040. The van der Waals surface area contributed by atoms with Crippen LogP contribution < -0.4 is 17.2 Å². The van der Waals surface area contributed by atoms with Crippen molar-refractivity contribution < 1.29 is 0 Å². The quantitative estimate of drug-likeness (QED) is 0.412. The smallest absolute Gasteiger partial charge is 0.189 e. The molecule has 10 heteroatoms. The molecule has 0 bridgehead atoms. The number of aromatic amines is 1. The lowest BCUT2D eigenvalue weighted by Gasteiger charge is -1.99. The molecule has 0 unspecified atom stereocenters. The molecular formula is C13H12N10. The summed E-state index contributed by atoms with van der Waals surface area (Å²) in [4.78, 5) is 4.27. The molecule has 0 spiro atoms. The van der Waals surface area contributed by atoms with E-state index in [0.29, 0.717) is 28.1 Å². The second kappa shape index (κ2) is 4.66. The third-order valence-corrected chi connectivity index (χ3v) is 3.35. The molecule has 4 aromatic rings. The van der Waals surface area contributed by atoms with E-state index >= 15 is 0 Å². The number of anilines is 3. The summed E-state index contributed by atoms with van der Waals surface area (Å²) in [5.41, 5.74) is 19.5. The summed E-state index contributed by atoms with van der Waals surface area (Å²) in [6.45, 7) is 0. The number of benzene rings is 1. The predicted octanol–water partition coefficient (Wildman–Crippen LogP) is 1.77. The fraction of sp³-hybridized carbons (Fsp3) is 0. The maximum Gasteiger partial charge on any atom is 0.189 e. The SMILES string of the molecule is Nc1nn2c(nc(N)c3c(N)n[nH]c32)c1/N=N/c1ccccc1. The molecule has 23 heavy (non-hydrogen) atoms. The topological polar surface area (TPSA) is 162 Å². The van der Waals surface area contributed by atoms with Gasteiger partial charge in [-0.15, -0.1) is 10.2 Å². The van der Waals surface area contributed by atoms with Gasteiger partial charge in [0.15, 0.2) is 28.6 Å². The van der Waals surface area contributed by atoms with Crippen LogP contribution in [-0.4, -0.2) is 24.8 Å². The Morgan fingerprint density at radius 1 is 0.957 bits per heavy atom. The van der Waals surface area contributed by atoms with Gasteiger partial charge in [0.1, 0.15) is 11.2 Å². The van der Waals surface area contributed by atoms with E-state index in [1.54, 1.807) is 0 Å². The van der Waals surface area contributed by atoms with Gasteiger partial charge < -0.3 is 17.2 Å². The zero-order valence-electron chi connectivity index (χ0n) is 11.8. The van der Waals surface area contributed by atoms with Crippen molar-refractivity contribution in [2.45, 2.75) is 0 Å². The highest BCUT2D eigenvalue weighted by atomic mass is 15.4. The van der Waals surface area contributed by atoms with Gasteiger partial charge in [-0.1, -0.05) is 18.2 Å². The number of H-pyrrole nitrogens is 1. The van der Waals surface area contributed by atoms with E-state index in [1.807, 2.05) is 30.3 Å². The van der Waals surface area contributed by atoms with Crippen LogP contribution in [0.3, 0.4) is 0 Å². The lowest BCUT2D eigenvalue weighted by Crippen LogP contribution is -1.99. The summed E-state index contributed by atoms with van der Waals surface area (Å²) < 4.78 is 1.46. The number of fused-ring (bicyclic) bond motifs is 3. The minimum atomic E-state index is 0.178. The first-order valence-corrected chi connectivity index (χ1v) is 6.69. The Kier molecular flexibility index (Phi) is 2.64. The van der Waals surface area contributed by atoms with Crippen molar-refractivity contribution in [3.05, 3.63) is 30.3 Å². The maximum absolute atomic E-state index is 5.95. The van der Waals surface area contributed by atoms with Gasteiger partial charge in [-0.25, -0.2) is 4.98 Å². The van der Waals surface area contributed by atoms with Gasteiger partial charge >= 0.3 is 0 Å². The summed E-state index contributed by atoms with van der Waals surface area (Å²) in [5, 5.41) is 19.7. The van der Waals surface area contributed by atoms with Gasteiger partial charge in [0, 0.05) is 0 Å². The summed E-state index contributed by atoms with van der Waals surface area (Å²) in [6, 6.07) is 9.26. The normalized spacial score (nSPS) is 11.8. The number of aromatic nitrogens is 5. The highest BCUT2D eigenvalue weighted by molar-refractivity contribution is 5.97. The molecule has 114 valence electrons. The van der Waals surface area contributed by atoms with E-state index in [-0.39, 0.29) is 17.5 Å². The van der Waals surface area contributed by atoms with E-state index in [9.17, 15) is 0 Å². The molecule has 0 atom stereocenters. The Labute approximate surface area is 129 Å². The van der Waals surface area contributed by atoms with Crippen LogP contribution in [0.1, 0.15) is 0 Å². The average Bonchev–Trinajstić information content (AvgIpc) is 3.08. The first kappa shape index (κ1) is 13.0. The van der Waals surface area contributed by atoms with Crippen molar-refractivity contribution in [3.63, 3.8) is 0 Å². The first-order chi connectivity index (χ1) is 11.1. The molecule has 0 radical (unpaired) electrons. The number of nitrogens with one attached hydrogen (secondary N) is 1. The molecular weight excluding hydrogens is 296 g/mol. The molecule has 0 amide bonds. The minimum absolute atomic E-state index is 0.178. The molecule has 7 N–H and O–H groups in total. The van der Waals surface area contributed by atoms with Crippen molar-refractivity contribution in [3.8, 4) is 0 Å². The molecule has 0 aliphatic heterocycles. The zero-order valence-corrected chi connectivity index (χ0v) is 11.8. The molecule has 0 fully saturated rings. The van der Waals surface area contributed by atoms with Crippen molar-refractivity contribution in [1.82, 2.24) is 24.8 Å². The van der Waals surface area contributed by atoms with Crippen LogP contribution in [0.4, 0.5) is 28.8 Å². The molecule has 3 aromatic heterocycles. The number of azo groups is 1. The number of rotatable bonds is 2. The largest absolute Gasteiger partial charge is 0.383 e. The van der Waals surface area contributed by atoms with Crippen LogP contribution in [0.5, 0.6) is 0 Å². The van der Waals surface area contributed by atoms with Gasteiger partial charge in [0.25, 0.3) is 0 Å². The third kappa shape index (κ3) is 1.92. The average molecular weight is 308 g/mol. The van der Waals surface area contributed by atoms with Crippen LogP contribution >= 0.6 is 0 Å². The molecule has 10 nitrogen and oxygen atoms in total. The summed E-state index contributed by atoms with van der Waals surface area (Å²) >= 11 is 0. The standard InChI is InChI=1S/C13H12N10/c14-9-7-10(15)20-21-12(7)23-13(17-9)8(11(16)22-23)19-18-6-4-2-1-3-5-6/h1-5H,(H2,14,17)(H2,16,22)(H3,15,20,21)/b19-18+. The highest BCUT2D eigenvalue weighted by Crippen LogP contribution is 2.32. The van der Waals surface area contributed by atoms with Crippen molar-refractivity contribution >= 4 is 45.5 Å². The van der Waals surface area contributed by atoms with Crippen LogP contribution in [0.2, 0.25) is 0 Å². The van der Waals surface area contributed by atoms with Crippen LogP contribution in [-0.2, 0) is 0 Å². The number of nitrogen functional groups attached to an aromatic ring is 3. The molecule has 1 aromatic carbocycles. The van der Waals surface area contributed by atoms with Crippen LogP contribution in [0, 0.1) is 0 Å². The molecule has 3 heterocycles. The second-order valence-corrected chi connectivity index (χ2v) is 4.83. The Hall–Kier alpha value is -3.69. The molecule has 0 aliphatic carbocycles. The van der Waals surface area contributed by atoms with E-state index in [4.69, 9.17) is 17.2 Å². The maximum atomic E-state index is 5.95. The third-order valence-electron chi connectivity index (χ3n) is 3.35. The zero-order chi connectivity index (χ0) is 16.0. The Morgan fingerprint density at radius 3 is 2.52 bits per heavy atom. The molecule has 0 aliphatic rings. The number of hydrogen-bond donors (Lipinski definition) is 4. The number of nitrogens with two attached hydrogens (primary N) is 3. The highest BCUT2D eigenvalue weighted by Gasteiger charge is 2.18. The predicted molar refractivity (Wildman–Crippen MR) is 86.5 cm³/mol. The van der Waals surface area contributed by atoms with E-state index in [1.165, 1.54) is 4.52 Å². The van der Waals surface area contributed by atoms with Gasteiger partial charge in [0.2, 0.25) is 0 Å². The van der Waals surface area contributed by atoms with E-state index in [0.717, 1.165) is 0 Å². The lowest BCUT2D eigenvalue weighted by molar-refractivity contribution is 0.956. The fourth-order valence-electron chi connectivity index (χ4n) is 2.29. The van der Waals surface area contributed by atoms with Crippen LogP contribution in [0.15, 0.2) is 40.6 Å². The number of hydrogen-bond acceptors (Lipinski definition) is 8. The van der Waals surface area contributed by atoms with Crippen molar-refractivity contribution in [2.75, 3.05) is 17.2 Å².